The van der Waals surface area contributed by atoms with Crippen molar-refractivity contribution in [3.05, 3.63) is 24.3 Å². The van der Waals surface area contributed by atoms with Crippen molar-refractivity contribution in [2.24, 2.45) is 5.92 Å². The molecule has 1 N–H and O–H groups in total. The number of carbonyl (C=O) groups excluding carboxylic acids is 2. The minimum atomic E-state index is -0.458. The van der Waals surface area contributed by atoms with Gasteiger partial charge in [0.05, 0.1) is 0 Å². The molecule has 1 fully saturated rings. The van der Waals surface area contributed by atoms with E-state index in [0.29, 0.717) is 24.4 Å². The number of nitrogens with zero attached hydrogens (tertiary/aromatic N) is 1. The Hall–Kier alpha value is -2.48. The summed E-state index contributed by atoms with van der Waals surface area (Å²) in [6, 6.07) is 6.60. The predicted octanol–water partition coefficient (Wildman–Crippen LogP) is 2.28. The van der Waals surface area contributed by atoms with Gasteiger partial charge >= 0.3 is 0 Å². The fourth-order valence-corrected chi connectivity index (χ4v) is 2.77. The maximum absolute atomic E-state index is 12.6. The highest BCUT2D eigenvalue weighted by Gasteiger charge is 2.34. The van der Waals surface area contributed by atoms with Crippen LogP contribution in [0.25, 0.3) is 0 Å². The van der Waals surface area contributed by atoms with Crippen LogP contribution in [0.3, 0.4) is 0 Å². The van der Waals surface area contributed by atoms with Gasteiger partial charge in [-0.1, -0.05) is 25.8 Å². The first-order valence-electron chi connectivity index (χ1n) is 7.79. The second kappa shape index (κ2) is 7.68. The van der Waals surface area contributed by atoms with Crippen LogP contribution < -0.4 is 10.1 Å². The molecule has 1 aromatic rings. The molecular formula is C18H22N2O3. The molecule has 5 nitrogen and oxygen atoms in total. The molecule has 0 spiro atoms. The molecule has 122 valence electrons. The Bertz CT molecular complexity index is 619. The maximum atomic E-state index is 12.6. The second-order valence-corrected chi connectivity index (χ2v) is 5.89. The summed E-state index contributed by atoms with van der Waals surface area (Å²) in [7, 11) is 0. The van der Waals surface area contributed by atoms with E-state index in [1.54, 1.807) is 29.2 Å². The van der Waals surface area contributed by atoms with Crippen molar-refractivity contribution in [3.8, 4) is 18.1 Å². The number of amides is 2. The number of benzene rings is 1. The summed E-state index contributed by atoms with van der Waals surface area (Å²) >= 11 is 0. The van der Waals surface area contributed by atoms with Gasteiger partial charge in [-0.3, -0.25) is 9.59 Å². The minimum Gasteiger partial charge on any atom is -0.481 e. The third kappa shape index (κ3) is 4.26. The SMILES string of the molecule is C#CCOc1cccc(NC(=O)[C@H](C(C)C)N2CCCC2=O)c1. The molecular weight excluding hydrogens is 292 g/mol. The van der Waals surface area contributed by atoms with Gasteiger partial charge < -0.3 is 15.0 Å². The number of terminal acetylenes is 1. The highest BCUT2D eigenvalue weighted by Crippen LogP contribution is 2.22. The number of carbonyl (C=O) groups is 2. The number of rotatable bonds is 6. The van der Waals surface area contributed by atoms with E-state index in [0.717, 1.165) is 6.42 Å². The standard InChI is InChI=1S/C18H22N2O3/c1-4-11-23-15-8-5-7-14(12-15)19-18(22)17(13(2)3)20-10-6-9-16(20)21/h1,5,7-8,12-13,17H,6,9-11H2,2-3H3,(H,19,22)/t17-/m0/s1. The van der Waals surface area contributed by atoms with Gasteiger partial charge in [0.25, 0.3) is 0 Å². The highest BCUT2D eigenvalue weighted by molar-refractivity contribution is 5.97. The quantitative estimate of drug-likeness (QED) is 0.820. The zero-order chi connectivity index (χ0) is 16.8. The largest absolute Gasteiger partial charge is 0.481 e. The number of hydrogen-bond acceptors (Lipinski definition) is 3. The van der Waals surface area contributed by atoms with E-state index in [2.05, 4.69) is 11.2 Å². The third-order valence-corrected chi connectivity index (χ3v) is 3.77. The number of likely N-dealkylation sites (tertiary alicyclic amines) is 1. The first-order valence-corrected chi connectivity index (χ1v) is 7.79. The van der Waals surface area contributed by atoms with Crippen LogP contribution in [0.2, 0.25) is 0 Å². The van der Waals surface area contributed by atoms with Gasteiger partial charge in [0.2, 0.25) is 11.8 Å². The Morgan fingerprint density at radius 1 is 1.48 bits per heavy atom. The lowest BCUT2D eigenvalue weighted by atomic mass is 10.0. The summed E-state index contributed by atoms with van der Waals surface area (Å²) in [6.07, 6.45) is 6.50. The Balaban J connectivity index is 2.09. The summed E-state index contributed by atoms with van der Waals surface area (Å²) in [4.78, 5) is 26.3. The fraction of sp³-hybridized carbons (Fsp3) is 0.444. The molecule has 2 amide bonds. The van der Waals surface area contributed by atoms with Gasteiger partial charge in [-0.15, -0.1) is 6.42 Å². The number of ether oxygens (including phenoxy) is 1. The lowest BCUT2D eigenvalue weighted by Crippen LogP contribution is -2.47. The van der Waals surface area contributed by atoms with E-state index in [-0.39, 0.29) is 24.3 Å². The van der Waals surface area contributed by atoms with E-state index < -0.39 is 6.04 Å². The van der Waals surface area contributed by atoms with Crippen molar-refractivity contribution in [2.45, 2.75) is 32.7 Å². The van der Waals surface area contributed by atoms with E-state index in [1.807, 2.05) is 13.8 Å². The molecule has 1 aliphatic rings. The molecule has 0 radical (unpaired) electrons. The molecule has 0 aliphatic carbocycles. The fourth-order valence-electron chi connectivity index (χ4n) is 2.77. The van der Waals surface area contributed by atoms with Crippen LogP contribution in [0.15, 0.2) is 24.3 Å². The molecule has 1 atom stereocenters. The van der Waals surface area contributed by atoms with Gasteiger partial charge in [-0.25, -0.2) is 0 Å². The van der Waals surface area contributed by atoms with Crippen molar-refractivity contribution in [1.82, 2.24) is 4.90 Å². The molecule has 0 unspecified atom stereocenters. The topological polar surface area (TPSA) is 58.6 Å². The van der Waals surface area contributed by atoms with Gasteiger partial charge in [0.1, 0.15) is 18.4 Å². The molecule has 5 heteroatoms. The van der Waals surface area contributed by atoms with Gasteiger partial charge in [-0.2, -0.15) is 0 Å². The first kappa shape index (κ1) is 16.9. The number of anilines is 1. The Morgan fingerprint density at radius 2 is 2.26 bits per heavy atom. The van der Waals surface area contributed by atoms with Crippen molar-refractivity contribution >= 4 is 17.5 Å². The van der Waals surface area contributed by atoms with Crippen molar-refractivity contribution in [2.75, 3.05) is 18.5 Å². The molecule has 23 heavy (non-hydrogen) atoms. The van der Waals surface area contributed by atoms with E-state index in [4.69, 9.17) is 11.2 Å². The van der Waals surface area contributed by atoms with Crippen molar-refractivity contribution in [1.29, 1.82) is 0 Å². The smallest absolute Gasteiger partial charge is 0.247 e. The molecule has 2 rings (SSSR count). The van der Waals surface area contributed by atoms with Crippen molar-refractivity contribution < 1.29 is 14.3 Å². The third-order valence-electron chi connectivity index (χ3n) is 3.77. The van der Waals surface area contributed by atoms with Crippen LogP contribution in [0.5, 0.6) is 5.75 Å². The molecule has 1 aliphatic heterocycles. The van der Waals surface area contributed by atoms with E-state index in [1.165, 1.54) is 0 Å². The Kier molecular flexibility index (Phi) is 5.64. The lowest BCUT2D eigenvalue weighted by Gasteiger charge is -2.29. The average Bonchev–Trinajstić information content (AvgIpc) is 2.91. The lowest BCUT2D eigenvalue weighted by molar-refractivity contribution is -0.136. The van der Waals surface area contributed by atoms with Crippen LogP contribution in [-0.4, -0.2) is 35.9 Å². The van der Waals surface area contributed by atoms with E-state index >= 15 is 0 Å². The molecule has 0 bridgehead atoms. The number of nitrogens with one attached hydrogen (secondary N) is 1. The van der Waals surface area contributed by atoms with Crippen LogP contribution in [0.1, 0.15) is 26.7 Å². The van der Waals surface area contributed by atoms with Crippen LogP contribution in [0.4, 0.5) is 5.69 Å². The molecule has 0 aromatic heterocycles. The van der Waals surface area contributed by atoms with E-state index in [9.17, 15) is 9.59 Å². The summed E-state index contributed by atoms with van der Waals surface area (Å²) < 4.78 is 5.35. The highest BCUT2D eigenvalue weighted by atomic mass is 16.5. The van der Waals surface area contributed by atoms with Gasteiger partial charge in [-0.05, 0) is 24.5 Å². The summed E-state index contributed by atoms with van der Waals surface area (Å²) in [6.45, 7) is 4.71. The van der Waals surface area contributed by atoms with Crippen molar-refractivity contribution in [3.63, 3.8) is 0 Å². The molecule has 1 aromatic carbocycles. The summed E-state index contributed by atoms with van der Waals surface area (Å²) in [5, 5.41) is 2.87. The summed E-state index contributed by atoms with van der Waals surface area (Å²) in [5.74, 6) is 2.90. The normalized spacial score (nSPS) is 15.4. The van der Waals surface area contributed by atoms with Gasteiger partial charge in [0, 0.05) is 24.7 Å². The Morgan fingerprint density at radius 3 is 2.87 bits per heavy atom. The molecule has 1 heterocycles. The monoisotopic (exact) mass is 314 g/mol. The zero-order valence-corrected chi connectivity index (χ0v) is 13.5. The van der Waals surface area contributed by atoms with Crippen LogP contribution in [-0.2, 0) is 9.59 Å². The van der Waals surface area contributed by atoms with Gasteiger partial charge in [0.15, 0.2) is 0 Å². The van der Waals surface area contributed by atoms with Crippen LogP contribution in [0, 0.1) is 18.3 Å². The molecule has 0 saturated carbocycles. The van der Waals surface area contributed by atoms with Crippen LogP contribution >= 0.6 is 0 Å². The number of hydrogen-bond donors (Lipinski definition) is 1. The maximum Gasteiger partial charge on any atom is 0.247 e. The predicted molar refractivity (Wildman–Crippen MR) is 89.0 cm³/mol. The average molecular weight is 314 g/mol. The second-order valence-electron chi connectivity index (χ2n) is 5.89. The first-order chi connectivity index (χ1) is 11.0. The Labute approximate surface area is 137 Å². The minimum absolute atomic E-state index is 0.0397. The zero-order valence-electron chi connectivity index (χ0n) is 13.5. The molecule has 1 saturated heterocycles. The summed E-state index contributed by atoms with van der Waals surface area (Å²) in [5.41, 5.74) is 0.627.